The second-order valence-electron chi connectivity index (χ2n) is 4.16. The Kier molecular flexibility index (Phi) is 4.97. The molecular formula is C13H20N2O2. The Bertz CT molecular complexity index is 391. The summed E-state index contributed by atoms with van der Waals surface area (Å²) >= 11 is 0. The maximum atomic E-state index is 12.1. The minimum absolute atomic E-state index is 0.0395. The SMILES string of the molecule is COCCCN(C)C(=O)c1cc(C)ccc1N. The average Bonchev–Trinajstić information content (AvgIpc) is 2.31. The fraction of sp³-hybridized carbons (Fsp3) is 0.462. The van der Waals surface area contributed by atoms with Crippen molar-refractivity contribution in [3.05, 3.63) is 29.3 Å². The van der Waals surface area contributed by atoms with E-state index in [1.54, 1.807) is 25.1 Å². The van der Waals surface area contributed by atoms with Crippen LogP contribution in [0.2, 0.25) is 0 Å². The van der Waals surface area contributed by atoms with Crippen LogP contribution in [0.3, 0.4) is 0 Å². The molecular weight excluding hydrogens is 216 g/mol. The zero-order chi connectivity index (χ0) is 12.8. The molecule has 0 aromatic heterocycles. The lowest BCUT2D eigenvalue weighted by Gasteiger charge is -2.18. The number of nitrogens with zero attached hydrogens (tertiary/aromatic N) is 1. The number of hydrogen-bond donors (Lipinski definition) is 1. The first-order valence-corrected chi connectivity index (χ1v) is 5.66. The molecule has 94 valence electrons. The topological polar surface area (TPSA) is 55.6 Å². The zero-order valence-electron chi connectivity index (χ0n) is 10.7. The van der Waals surface area contributed by atoms with Crippen LogP contribution >= 0.6 is 0 Å². The molecule has 0 radical (unpaired) electrons. The predicted octanol–water partition coefficient (Wildman–Crippen LogP) is 1.69. The van der Waals surface area contributed by atoms with Gasteiger partial charge in [-0.25, -0.2) is 0 Å². The highest BCUT2D eigenvalue weighted by atomic mass is 16.5. The third-order valence-corrected chi connectivity index (χ3v) is 2.63. The van der Waals surface area contributed by atoms with Crippen LogP contribution in [-0.2, 0) is 4.74 Å². The zero-order valence-corrected chi connectivity index (χ0v) is 10.7. The van der Waals surface area contributed by atoms with E-state index < -0.39 is 0 Å². The van der Waals surface area contributed by atoms with Crippen molar-refractivity contribution in [2.75, 3.05) is 33.0 Å². The third kappa shape index (κ3) is 3.75. The Balaban J connectivity index is 2.71. The van der Waals surface area contributed by atoms with E-state index in [9.17, 15) is 4.79 Å². The molecule has 0 saturated heterocycles. The van der Waals surface area contributed by atoms with Gasteiger partial charge in [-0.1, -0.05) is 11.6 Å². The largest absolute Gasteiger partial charge is 0.398 e. The van der Waals surface area contributed by atoms with Gasteiger partial charge in [-0.2, -0.15) is 0 Å². The van der Waals surface area contributed by atoms with E-state index in [4.69, 9.17) is 10.5 Å². The molecule has 4 heteroatoms. The van der Waals surface area contributed by atoms with E-state index in [-0.39, 0.29) is 5.91 Å². The van der Waals surface area contributed by atoms with Gasteiger partial charge >= 0.3 is 0 Å². The summed E-state index contributed by atoms with van der Waals surface area (Å²) in [5, 5.41) is 0. The van der Waals surface area contributed by atoms with Gasteiger partial charge in [0.1, 0.15) is 0 Å². The average molecular weight is 236 g/mol. The van der Waals surface area contributed by atoms with Crippen molar-refractivity contribution in [3.63, 3.8) is 0 Å². The molecule has 0 saturated carbocycles. The molecule has 1 aromatic carbocycles. The third-order valence-electron chi connectivity index (χ3n) is 2.63. The number of carbonyl (C=O) groups is 1. The van der Waals surface area contributed by atoms with Crippen LogP contribution in [0.15, 0.2) is 18.2 Å². The normalized spacial score (nSPS) is 10.3. The number of carbonyl (C=O) groups excluding carboxylic acids is 1. The molecule has 1 amide bonds. The van der Waals surface area contributed by atoms with Gasteiger partial charge in [0.2, 0.25) is 0 Å². The molecule has 17 heavy (non-hydrogen) atoms. The lowest BCUT2D eigenvalue weighted by molar-refractivity contribution is 0.0780. The molecule has 0 spiro atoms. The number of methoxy groups -OCH3 is 1. The van der Waals surface area contributed by atoms with Crippen LogP contribution < -0.4 is 5.73 Å². The summed E-state index contributed by atoms with van der Waals surface area (Å²) < 4.78 is 4.96. The van der Waals surface area contributed by atoms with Crippen LogP contribution in [-0.4, -0.2) is 38.1 Å². The highest BCUT2D eigenvalue weighted by Crippen LogP contribution is 2.15. The number of hydrogen-bond acceptors (Lipinski definition) is 3. The summed E-state index contributed by atoms with van der Waals surface area (Å²) in [6.07, 6.45) is 0.824. The quantitative estimate of drug-likeness (QED) is 0.625. The van der Waals surface area contributed by atoms with Crippen molar-refractivity contribution < 1.29 is 9.53 Å². The number of rotatable bonds is 5. The lowest BCUT2D eigenvalue weighted by atomic mass is 10.1. The first-order valence-electron chi connectivity index (χ1n) is 5.66. The van der Waals surface area contributed by atoms with Crippen molar-refractivity contribution in [2.24, 2.45) is 0 Å². The fourth-order valence-electron chi connectivity index (χ4n) is 1.61. The number of amides is 1. The number of nitrogen functional groups attached to an aromatic ring is 1. The van der Waals surface area contributed by atoms with Gasteiger partial charge in [0, 0.05) is 33.0 Å². The summed E-state index contributed by atoms with van der Waals surface area (Å²) in [6, 6.07) is 5.49. The number of benzene rings is 1. The van der Waals surface area contributed by atoms with Crippen molar-refractivity contribution >= 4 is 11.6 Å². The molecule has 0 aliphatic carbocycles. The minimum atomic E-state index is -0.0395. The summed E-state index contributed by atoms with van der Waals surface area (Å²) in [5.74, 6) is -0.0395. The maximum absolute atomic E-state index is 12.1. The standard InChI is InChI=1S/C13H20N2O2/c1-10-5-6-12(14)11(9-10)13(16)15(2)7-4-8-17-3/h5-6,9H,4,7-8,14H2,1-3H3. The number of aryl methyl sites for hydroxylation is 1. The summed E-state index contributed by atoms with van der Waals surface area (Å²) in [7, 11) is 3.43. The second kappa shape index (κ2) is 6.25. The van der Waals surface area contributed by atoms with Crippen molar-refractivity contribution in [2.45, 2.75) is 13.3 Å². The van der Waals surface area contributed by atoms with Crippen LogP contribution in [0, 0.1) is 6.92 Å². The number of nitrogens with two attached hydrogens (primary N) is 1. The Labute approximate surface area is 102 Å². The van der Waals surface area contributed by atoms with Crippen molar-refractivity contribution in [3.8, 4) is 0 Å². The number of ether oxygens (including phenoxy) is 1. The highest BCUT2D eigenvalue weighted by molar-refractivity contribution is 5.99. The van der Waals surface area contributed by atoms with E-state index in [1.807, 2.05) is 19.1 Å². The molecule has 1 rings (SSSR count). The molecule has 2 N–H and O–H groups in total. The van der Waals surface area contributed by atoms with Crippen LogP contribution in [0.1, 0.15) is 22.3 Å². The van der Waals surface area contributed by atoms with Crippen LogP contribution in [0.25, 0.3) is 0 Å². The van der Waals surface area contributed by atoms with Gasteiger partial charge < -0.3 is 15.4 Å². The summed E-state index contributed by atoms with van der Waals surface area (Å²) in [4.78, 5) is 13.8. The van der Waals surface area contributed by atoms with E-state index in [0.717, 1.165) is 12.0 Å². The first-order chi connectivity index (χ1) is 8.06. The van der Waals surface area contributed by atoms with Gasteiger partial charge in [0.05, 0.1) is 5.56 Å². The van der Waals surface area contributed by atoms with Crippen molar-refractivity contribution in [1.29, 1.82) is 0 Å². The van der Waals surface area contributed by atoms with E-state index in [0.29, 0.717) is 24.4 Å². The van der Waals surface area contributed by atoms with Gasteiger partial charge in [-0.15, -0.1) is 0 Å². The molecule has 0 fully saturated rings. The van der Waals surface area contributed by atoms with E-state index in [2.05, 4.69) is 0 Å². The Morgan fingerprint density at radius 2 is 2.18 bits per heavy atom. The van der Waals surface area contributed by atoms with Crippen LogP contribution in [0.4, 0.5) is 5.69 Å². The monoisotopic (exact) mass is 236 g/mol. The maximum Gasteiger partial charge on any atom is 0.255 e. The summed E-state index contributed by atoms with van der Waals surface area (Å²) in [6.45, 7) is 3.27. The smallest absolute Gasteiger partial charge is 0.255 e. The second-order valence-corrected chi connectivity index (χ2v) is 4.16. The first kappa shape index (κ1) is 13.5. The Morgan fingerprint density at radius 3 is 2.82 bits per heavy atom. The van der Waals surface area contributed by atoms with Gasteiger partial charge in [-0.05, 0) is 25.5 Å². The van der Waals surface area contributed by atoms with Crippen LogP contribution in [0.5, 0.6) is 0 Å². The molecule has 1 aromatic rings. The highest BCUT2D eigenvalue weighted by Gasteiger charge is 2.14. The number of anilines is 1. The fourth-order valence-corrected chi connectivity index (χ4v) is 1.61. The Hall–Kier alpha value is -1.55. The van der Waals surface area contributed by atoms with Crippen molar-refractivity contribution in [1.82, 2.24) is 4.90 Å². The molecule has 4 nitrogen and oxygen atoms in total. The predicted molar refractivity (Wildman–Crippen MR) is 69.0 cm³/mol. The van der Waals surface area contributed by atoms with Gasteiger partial charge in [0.15, 0.2) is 0 Å². The van der Waals surface area contributed by atoms with E-state index in [1.165, 1.54) is 0 Å². The molecule has 0 atom stereocenters. The summed E-state index contributed by atoms with van der Waals surface area (Å²) in [5.41, 5.74) is 7.95. The van der Waals surface area contributed by atoms with Gasteiger partial charge in [-0.3, -0.25) is 4.79 Å². The molecule has 0 aliphatic heterocycles. The van der Waals surface area contributed by atoms with E-state index >= 15 is 0 Å². The molecule has 0 aliphatic rings. The minimum Gasteiger partial charge on any atom is -0.398 e. The van der Waals surface area contributed by atoms with Gasteiger partial charge in [0.25, 0.3) is 5.91 Å². The molecule has 0 unspecified atom stereocenters. The molecule has 0 heterocycles. The Morgan fingerprint density at radius 1 is 1.47 bits per heavy atom. The lowest BCUT2D eigenvalue weighted by Crippen LogP contribution is -2.29. The molecule has 0 bridgehead atoms.